The van der Waals surface area contributed by atoms with Gasteiger partial charge in [0.25, 0.3) is 5.56 Å². The summed E-state index contributed by atoms with van der Waals surface area (Å²) >= 11 is 12.4. The van der Waals surface area contributed by atoms with Crippen molar-refractivity contribution >= 4 is 40.3 Å². The second kappa shape index (κ2) is 9.53. The van der Waals surface area contributed by atoms with Crippen LogP contribution in [-0.2, 0) is 27.2 Å². The monoisotopic (exact) mass is 512 g/mol. The summed E-state index contributed by atoms with van der Waals surface area (Å²) < 4.78 is 4.44. The van der Waals surface area contributed by atoms with Gasteiger partial charge in [-0.3, -0.25) is 23.4 Å². The van der Waals surface area contributed by atoms with Crippen LogP contribution in [-0.4, -0.2) is 49.8 Å². The van der Waals surface area contributed by atoms with Crippen molar-refractivity contribution in [2.45, 2.75) is 13.1 Å². The Bertz CT molecular complexity index is 1500. The van der Waals surface area contributed by atoms with Crippen LogP contribution in [0.15, 0.2) is 58.1 Å². The van der Waals surface area contributed by atoms with Crippen molar-refractivity contribution in [3.63, 3.8) is 0 Å². The molecule has 0 radical (unpaired) electrons. The average molecular weight is 513 g/mol. The fourth-order valence-electron chi connectivity index (χ4n) is 4.59. The van der Waals surface area contributed by atoms with Crippen LogP contribution < -0.4 is 16.1 Å². The molecule has 0 bridgehead atoms. The van der Waals surface area contributed by atoms with Gasteiger partial charge in [-0.1, -0.05) is 59.6 Å². The summed E-state index contributed by atoms with van der Waals surface area (Å²) in [7, 11) is 3.13. The number of aromatic nitrogens is 4. The van der Waals surface area contributed by atoms with Gasteiger partial charge in [0.2, 0.25) is 5.95 Å². The van der Waals surface area contributed by atoms with Gasteiger partial charge in [0, 0.05) is 46.8 Å². The zero-order valence-corrected chi connectivity index (χ0v) is 21.1. The quantitative estimate of drug-likeness (QED) is 0.411. The third kappa shape index (κ3) is 4.49. The number of benzene rings is 2. The predicted molar refractivity (Wildman–Crippen MR) is 140 cm³/mol. The highest BCUT2D eigenvalue weighted by Gasteiger charge is 2.26. The first kappa shape index (κ1) is 23.7. The SMILES string of the molecule is Cn1c(=O)c2c(nc(N3CCN(Cc4ccccc4)CC3)n2Cc2ccc(Cl)c(Cl)c2)n(C)c1=O. The average Bonchev–Trinajstić information content (AvgIpc) is 3.24. The smallest absolute Gasteiger partial charge is 0.332 e. The zero-order chi connectivity index (χ0) is 24.7. The van der Waals surface area contributed by atoms with Gasteiger partial charge >= 0.3 is 5.69 Å². The minimum Gasteiger partial charge on any atom is -0.340 e. The maximum Gasteiger partial charge on any atom is 0.332 e. The highest BCUT2D eigenvalue weighted by atomic mass is 35.5. The molecule has 8 nitrogen and oxygen atoms in total. The zero-order valence-electron chi connectivity index (χ0n) is 19.6. The van der Waals surface area contributed by atoms with E-state index in [4.69, 9.17) is 28.2 Å². The standard InChI is InChI=1S/C25H26Cl2N6O2/c1-29-22-21(23(34)30(2)25(29)35)33(16-18-8-9-19(26)20(27)14-18)24(28-22)32-12-10-31(11-13-32)15-17-6-4-3-5-7-17/h3-9,14H,10-13,15-16H2,1-2H3. The van der Waals surface area contributed by atoms with E-state index in [-0.39, 0.29) is 5.56 Å². The Morgan fingerprint density at radius 1 is 0.829 bits per heavy atom. The number of halogens is 2. The first-order chi connectivity index (χ1) is 16.8. The third-order valence-corrected chi connectivity index (χ3v) is 7.30. The molecule has 0 saturated carbocycles. The summed E-state index contributed by atoms with van der Waals surface area (Å²) in [6, 6.07) is 15.8. The number of hydrogen-bond acceptors (Lipinski definition) is 5. The van der Waals surface area contributed by atoms with Gasteiger partial charge in [-0.2, -0.15) is 4.98 Å². The molecular weight excluding hydrogens is 487 g/mol. The van der Waals surface area contributed by atoms with Gasteiger partial charge in [-0.25, -0.2) is 4.79 Å². The molecular formula is C25H26Cl2N6O2. The summed E-state index contributed by atoms with van der Waals surface area (Å²) in [5.74, 6) is 0.670. The normalized spacial score (nSPS) is 14.7. The van der Waals surface area contributed by atoms with Crippen LogP contribution in [0.25, 0.3) is 11.2 Å². The number of hydrogen-bond donors (Lipinski definition) is 0. The molecule has 5 rings (SSSR count). The van der Waals surface area contributed by atoms with E-state index >= 15 is 0 Å². The molecule has 35 heavy (non-hydrogen) atoms. The fraction of sp³-hybridized carbons (Fsp3) is 0.320. The number of imidazole rings is 1. The van der Waals surface area contributed by atoms with E-state index in [0.29, 0.717) is 33.7 Å². The minimum absolute atomic E-state index is 0.371. The number of fused-ring (bicyclic) bond motifs is 1. The van der Waals surface area contributed by atoms with Crippen LogP contribution in [0.2, 0.25) is 10.0 Å². The number of rotatable bonds is 5. The van der Waals surface area contributed by atoms with Crippen molar-refractivity contribution in [2.75, 3.05) is 31.1 Å². The van der Waals surface area contributed by atoms with Crippen LogP contribution in [0.5, 0.6) is 0 Å². The number of anilines is 1. The lowest BCUT2D eigenvalue weighted by Crippen LogP contribution is -2.47. The second-order valence-corrected chi connectivity index (χ2v) is 9.69. The topological polar surface area (TPSA) is 68.3 Å². The molecule has 1 saturated heterocycles. The summed E-state index contributed by atoms with van der Waals surface area (Å²) in [4.78, 5) is 35.2. The van der Waals surface area contributed by atoms with Gasteiger partial charge in [0.05, 0.1) is 16.6 Å². The molecule has 0 spiro atoms. The van der Waals surface area contributed by atoms with Crippen LogP contribution in [0.1, 0.15) is 11.1 Å². The van der Waals surface area contributed by atoms with Gasteiger partial charge in [0.1, 0.15) is 0 Å². The van der Waals surface area contributed by atoms with Gasteiger partial charge in [-0.15, -0.1) is 0 Å². The van der Waals surface area contributed by atoms with Crippen LogP contribution >= 0.6 is 23.2 Å². The predicted octanol–water partition coefficient (Wildman–Crippen LogP) is 3.11. The molecule has 0 N–H and O–H groups in total. The molecule has 3 heterocycles. The van der Waals surface area contributed by atoms with E-state index < -0.39 is 5.69 Å². The lowest BCUT2D eigenvalue weighted by atomic mass is 10.2. The van der Waals surface area contributed by atoms with Crippen molar-refractivity contribution < 1.29 is 0 Å². The molecule has 0 amide bonds. The Kier molecular flexibility index (Phi) is 6.44. The van der Waals surface area contributed by atoms with Crippen molar-refractivity contribution in [2.24, 2.45) is 14.1 Å². The Balaban J connectivity index is 1.52. The van der Waals surface area contributed by atoms with E-state index in [0.717, 1.165) is 42.9 Å². The molecule has 1 aliphatic heterocycles. The van der Waals surface area contributed by atoms with Crippen LogP contribution in [0, 0.1) is 0 Å². The van der Waals surface area contributed by atoms with Crippen molar-refractivity contribution in [3.8, 4) is 0 Å². The molecule has 182 valence electrons. The number of aryl methyl sites for hydroxylation is 1. The summed E-state index contributed by atoms with van der Waals surface area (Å²) in [5, 5.41) is 0.920. The Morgan fingerprint density at radius 3 is 2.23 bits per heavy atom. The molecule has 0 aliphatic carbocycles. The first-order valence-electron chi connectivity index (χ1n) is 11.4. The molecule has 2 aromatic heterocycles. The maximum absolute atomic E-state index is 13.2. The highest BCUT2D eigenvalue weighted by Crippen LogP contribution is 2.26. The van der Waals surface area contributed by atoms with Crippen molar-refractivity contribution in [1.29, 1.82) is 0 Å². The molecule has 10 heteroatoms. The highest BCUT2D eigenvalue weighted by molar-refractivity contribution is 6.42. The van der Waals surface area contributed by atoms with Crippen LogP contribution in [0.4, 0.5) is 5.95 Å². The Morgan fingerprint density at radius 2 is 1.54 bits per heavy atom. The first-order valence-corrected chi connectivity index (χ1v) is 12.2. The van der Waals surface area contributed by atoms with E-state index in [9.17, 15) is 9.59 Å². The third-order valence-electron chi connectivity index (χ3n) is 6.56. The van der Waals surface area contributed by atoms with E-state index in [1.54, 1.807) is 19.2 Å². The summed E-state index contributed by atoms with van der Waals surface area (Å²) in [5.41, 5.74) is 2.16. The van der Waals surface area contributed by atoms with Crippen LogP contribution in [0.3, 0.4) is 0 Å². The molecule has 2 aromatic carbocycles. The van der Waals surface area contributed by atoms with E-state index in [1.165, 1.54) is 17.2 Å². The summed E-state index contributed by atoms with van der Waals surface area (Å²) in [6.07, 6.45) is 0. The molecule has 1 fully saturated rings. The maximum atomic E-state index is 13.2. The molecule has 0 atom stereocenters. The van der Waals surface area contributed by atoms with Crippen molar-refractivity contribution in [3.05, 3.63) is 90.5 Å². The Labute approximate surface area is 212 Å². The summed E-state index contributed by atoms with van der Waals surface area (Å²) in [6.45, 7) is 4.50. The largest absolute Gasteiger partial charge is 0.340 e. The fourth-order valence-corrected chi connectivity index (χ4v) is 4.92. The molecule has 0 unspecified atom stereocenters. The van der Waals surface area contributed by atoms with E-state index in [1.807, 2.05) is 16.7 Å². The number of piperazine rings is 1. The van der Waals surface area contributed by atoms with E-state index in [2.05, 4.69) is 34.1 Å². The number of nitrogens with zero attached hydrogens (tertiary/aromatic N) is 6. The minimum atomic E-state index is -0.402. The van der Waals surface area contributed by atoms with Gasteiger partial charge in [-0.05, 0) is 23.3 Å². The molecule has 4 aromatic rings. The van der Waals surface area contributed by atoms with Crippen molar-refractivity contribution in [1.82, 2.24) is 23.6 Å². The Hall–Kier alpha value is -3.07. The molecule has 1 aliphatic rings. The lowest BCUT2D eigenvalue weighted by Gasteiger charge is -2.35. The second-order valence-electron chi connectivity index (χ2n) is 8.87. The lowest BCUT2D eigenvalue weighted by molar-refractivity contribution is 0.248. The van der Waals surface area contributed by atoms with Gasteiger partial charge < -0.3 is 4.90 Å². The van der Waals surface area contributed by atoms with Gasteiger partial charge in [0.15, 0.2) is 11.2 Å².